The first-order chi connectivity index (χ1) is 8.67. The Balaban J connectivity index is 2.31. The van der Waals surface area contributed by atoms with Crippen LogP contribution >= 0.6 is 0 Å². The summed E-state index contributed by atoms with van der Waals surface area (Å²) in [6.07, 6.45) is 0.945. The predicted octanol–water partition coefficient (Wildman–Crippen LogP) is 2.14. The van der Waals surface area contributed by atoms with Gasteiger partial charge in [-0.1, -0.05) is 6.07 Å². The van der Waals surface area contributed by atoms with Crippen LogP contribution in [-0.2, 0) is 4.74 Å². The Hall–Kier alpha value is -1.26. The van der Waals surface area contributed by atoms with E-state index in [4.69, 9.17) is 19.9 Å². The van der Waals surface area contributed by atoms with Crippen molar-refractivity contribution in [2.24, 2.45) is 5.73 Å². The molecule has 0 aliphatic heterocycles. The van der Waals surface area contributed by atoms with Crippen LogP contribution in [0.4, 0.5) is 0 Å². The van der Waals surface area contributed by atoms with Crippen molar-refractivity contribution in [3.63, 3.8) is 0 Å². The van der Waals surface area contributed by atoms with Gasteiger partial charge in [-0.2, -0.15) is 0 Å². The van der Waals surface area contributed by atoms with Crippen LogP contribution in [-0.4, -0.2) is 33.0 Å². The average molecular weight is 253 g/mol. The third kappa shape index (κ3) is 4.94. The number of hydrogen-bond donors (Lipinski definition) is 1. The van der Waals surface area contributed by atoms with E-state index >= 15 is 0 Å². The van der Waals surface area contributed by atoms with E-state index in [1.165, 1.54) is 0 Å². The molecule has 2 N–H and O–H groups in total. The number of methoxy groups -OCH3 is 1. The van der Waals surface area contributed by atoms with Crippen molar-refractivity contribution < 1.29 is 14.2 Å². The Morgan fingerprint density at radius 3 is 2.67 bits per heavy atom. The Kier molecular flexibility index (Phi) is 6.54. The molecule has 0 amide bonds. The van der Waals surface area contributed by atoms with Gasteiger partial charge in [0.15, 0.2) is 11.5 Å². The van der Waals surface area contributed by atoms with Crippen LogP contribution in [0.3, 0.4) is 0 Å². The molecule has 0 aliphatic rings. The van der Waals surface area contributed by atoms with Gasteiger partial charge in [0, 0.05) is 13.0 Å². The molecule has 102 valence electrons. The lowest BCUT2D eigenvalue weighted by Crippen LogP contribution is -2.21. The van der Waals surface area contributed by atoms with Crippen LogP contribution in [0.15, 0.2) is 18.2 Å². The summed E-state index contributed by atoms with van der Waals surface area (Å²) in [5.74, 6) is 1.54. The van der Waals surface area contributed by atoms with Crippen molar-refractivity contribution >= 4 is 0 Å². The monoisotopic (exact) mass is 253 g/mol. The normalized spacial score (nSPS) is 12.2. The molecule has 0 saturated carbocycles. The van der Waals surface area contributed by atoms with Gasteiger partial charge in [0.05, 0.1) is 26.4 Å². The minimum Gasteiger partial charge on any atom is -0.493 e. The van der Waals surface area contributed by atoms with E-state index in [0.717, 1.165) is 23.5 Å². The molecule has 1 aromatic rings. The standard InChI is InChI=1S/C14H23NO3/c1-11-5-6-13(14(9-11)16-3)18-8-4-7-17-12(2)10-15/h5-6,9,12H,4,7-8,10,15H2,1-3H3. The molecule has 0 fully saturated rings. The number of nitrogens with two attached hydrogens (primary N) is 1. The number of benzene rings is 1. The lowest BCUT2D eigenvalue weighted by molar-refractivity contribution is 0.0629. The Labute approximate surface area is 109 Å². The first kappa shape index (κ1) is 14.8. The molecular formula is C14H23NO3. The molecule has 0 heterocycles. The fourth-order valence-electron chi connectivity index (χ4n) is 1.49. The van der Waals surface area contributed by atoms with Crippen LogP contribution in [0.1, 0.15) is 18.9 Å². The quantitative estimate of drug-likeness (QED) is 0.721. The minimum atomic E-state index is 0.110. The second-order valence-electron chi connectivity index (χ2n) is 4.27. The lowest BCUT2D eigenvalue weighted by atomic mass is 10.2. The van der Waals surface area contributed by atoms with Gasteiger partial charge >= 0.3 is 0 Å². The molecule has 0 saturated heterocycles. The lowest BCUT2D eigenvalue weighted by Gasteiger charge is -2.13. The molecular weight excluding hydrogens is 230 g/mol. The third-order valence-corrected chi connectivity index (χ3v) is 2.60. The Morgan fingerprint density at radius 2 is 2.00 bits per heavy atom. The maximum Gasteiger partial charge on any atom is 0.161 e. The van der Waals surface area contributed by atoms with Gasteiger partial charge in [-0.25, -0.2) is 0 Å². The van der Waals surface area contributed by atoms with Gasteiger partial charge in [0.1, 0.15) is 0 Å². The summed E-state index contributed by atoms with van der Waals surface area (Å²) >= 11 is 0. The van der Waals surface area contributed by atoms with E-state index in [0.29, 0.717) is 19.8 Å². The molecule has 1 unspecified atom stereocenters. The van der Waals surface area contributed by atoms with E-state index in [1.807, 2.05) is 32.0 Å². The van der Waals surface area contributed by atoms with Crippen molar-refractivity contribution in [3.8, 4) is 11.5 Å². The predicted molar refractivity (Wildman–Crippen MR) is 72.3 cm³/mol. The highest BCUT2D eigenvalue weighted by Gasteiger charge is 2.04. The molecule has 4 nitrogen and oxygen atoms in total. The highest BCUT2D eigenvalue weighted by molar-refractivity contribution is 5.42. The number of aryl methyl sites for hydroxylation is 1. The van der Waals surface area contributed by atoms with Crippen LogP contribution < -0.4 is 15.2 Å². The highest BCUT2D eigenvalue weighted by atomic mass is 16.5. The molecule has 18 heavy (non-hydrogen) atoms. The molecule has 0 aromatic heterocycles. The summed E-state index contributed by atoms with van der Waals surface area (Å²) in [6, 6.07) is 5.89. The highest BCUT2D eigenvalue weighted by Crippen LogP contribution is 2.27. The van der Waals surface area contributed by atoms with Crippen molar-refractivity contribution in [3.05, 3.63) is 23.8 Å². The minimum absolute atomic E-state index is 0.110. The summed E-state index contributed by atoms with van der Waals surface area (Å²) in [5.41, 5.74) is 6.61. The van der Waals surface area contributed by atoms with Gasteiger partial charge in [-0.05, 0) is 31.5 Å². The molecule has 0 bridgehead atoms. The van der Waals surface area contributed by atoms with E-state index in [1.54, 1.807) is 7.11 Å². The zero-order valence-corrected chi connectivity index (χ0v) is 11.4. The number of hydrogen-bond acceptors (Lipinski definition) is 4. The first-order valence-corrected chi connectivity index (χ1v) is 6.26. The molecule has 1 aromatic carbocycles. The molecule has 1 rings (SSSR count). The van der Waals surface area contributed by atoms with Crippen molar-refractivity contribution in [2.75, 3.05) is 26.9 Å². The SMILES string of the molecule is COc1cc(C)ccc1OCCCOC(C)CN. The van der Waals surface area contributed by atoms with Crippen molar-refractivity contribution in [1.82, 2.24) is 0 Å². The van der Waals surface area contributed by atoms with Crippen LogP contribution in [0.2, 0.25) is 0 Å². The zero-order chi connectivity index (χ0) is 13.4. The Bertz CT molecular complexity index is 355. The summed E-state index contributed by atoms with van der Waals surface area (Å²) in [4.78, 5) is 0. The van der Waals surface area contributed by atoms with Gasteiger partial charge in [-0.15, -0.1) is 0 Å². The van der Waals surface area contributed by atoms with Gasteiger partial charge in [-0.3, -0.25) is 0 Å². The summed E-state index contributed by atoms with van der Waals surface area (Å²) in [7, 11) is 1.65. The van der Waals surface area contributed by atoms with Gasteiger partial charge < -0.3 is 19.9 Å². The smallest absolute Gasteiger partial charge is 0.161 e. The fourth-order valence-corrected chi connectivity index (χ4v) is 1.49. The van der Waals surface area contributed by atoms with Gasteiger partial charge in [0.25, 0.3) is 0 Å². The van der Waals surface area contributed by atoms with Crippen molar-refractivity contribution in [2.45, 2.75) is 26.4 Å². The van der Waals surface area contributed by atoms with E-state index in [9.17, 15) is 0 Å². The second kappa shape index (κ2) is 7.95. The van der Waals surface area contributed by atoms with Crippen LogP contribution in [0.5, 0.6) is 11.5 Å². The summed E-state index contributed by atoms with van der Waals surface area (Å²) in [6.45, 7) is 5.80. The summed E-state index contributed by atoms with van der Waals surface area (Å²) < 4.78 is 16.4. The topological polar surface area (TPSA) is 53.7 Å². The molecule has 0 aliphatic carbocycles. The number of rotatable bonds is 8. The second-order valence-corrected chi connectivity index (χ2v) is 4.27. The Morgan fingerprint density at radius 1 is 1.22 bits per heavy atom. The van der Waals surface area contributed by atoms with E-state index < -0.39 is 0 Å². The average Bonchev–Trinajstić information content (AvgIpc) is 2.39. The number of ether oxygens (including phenoxy) is 3. The first-order valence-electron chi connectivity index (χ1n) is 6.26. The third-order valence-electron chi connectivity index (χ3n) is 2.60. The van der Waals surface area contributed by atoms with E-state index in [-0.39, 0.29) is 6.10 Å². The summed E-state index contributed by atoms with van der Waals surface area (Å²) in [5, 5.41) is 0. The van der Waals surface area contributed by atoms with Crippen molar-refractivity contribution in [1.29, 1.82) is 0 Å². The van der Waals surface area contributed by atoms with Crippen LogP contribution in [0.25, 0.3) is 0 Å². The maximum absolute atomic E-state index is 5.66. The maximum atomic E-state index is 5.66. The van der Waals surface area contributed by atoms with E-state index in [2.05, 4.69) is 0 Å². The fraction of sp³-hybridized carbons (Fsp3) is 0.571. The molecule has 1 atom stereocenters. The molecule has 4 heteroatoms. The van der Waals surface area contributed by atoms with Crippen LogP contribution in [0, 0.1) is 6.92 Å². The van der Waals surface area contributed by atoms with Gasteiger partial charge in [0.2, 0.25) is 0 Å². The largest absolute Gasteiger partial charge is 0.493 e. The zero-order valence-electron chi connectivity index (χ0n) is 11.4. The molecule has 0 spiro atoms. The molecule has 0 radical (unpaired) electrons.